The lowest BCUT2D eigenvalue weighted by molar-refractivity contribution is 0.642. The molecule has 0 saturated carbocycles. The van der Waals surface area contributed by atoms with E-state index in [0.717, 1.165) is 52.5 Å². The lowest BCUT2D eigenvalue weighted by Crippen LogP contribution is -2.00. The van der Waals surface area contributed by atoms with Crippen molar-refractivity contribution in [1.29, 1.82) is 5.26 Å². The molecule has 0 unspecified atom stereocenters. The minimum atomic E-state index is 0.629. The van der Waals surface area contributed by atoms with Gasteiger partial charge in [0, 0.05) is 23.2 Å². The predicted octanol–water partition coefficient (Wildman–Crippen LogP) is 7.31. The van der Waals surface area contributed by atoms with E-state index >= 15 is 0 Å². The van der Waals surface area contributed by atoms with Gasteiger partial charge in [0.15, 0.2) is 5.82 Å². The fourth-order valence-electron chi connectivity index (χ4n) is 3.65. The molecule has 148 valence electrons. The standard InChI is InChI=1S/C26H23N3S/c1-2-3-16-29-25(21-13-8-5-9-14-21)24(20-11-6-4-7-12-20)23(18-27)26(29)28-19-22-15-10-17-30-22/h4-15,17,19H,2-3,16H2,1H3. The molecule has 0 radical (unpaired) electrons. The fraction of sp³-hybridized carbons (Fsp3) is 0.154. The minimum Gasteiger partial charge on any atom is -0.324 e. The van der Waals surface area contributed by atoms with Crippen LogP contribution in [0.15, 0.2) is 83.2 Å². The van der Waals surface area contributed by atoms with Gasteiger partial charge in [0.2, 0.25) is 0 Å². The predicted molar refractivity (Wildman–Crippen MR) is 126 cm³/mol. The van der Waals surface area contributed by atoms with Gasteiger partial charge in [-0.25, -0.2) is 4.99 Å². The Morgan fingerprint density at radius 3 is 2.27 bits per heavy atom. The lowest BCUT2D eigenvalue weighted by Gasteiger charge is -2.13. The summed E-state index contributed by atoms with van der Waals surface area (Å²) in [5.74, 6) is 0.733. The molecule has 0 amide bonds. The largest absolute Gasteiger partial charge is 0.324 e. The number of nitriles is 1. The van der Waals surface area contributed by atoms with Crippen molar-refractivity contribution in [2.75, 3.05) is 0 Å². The van der Waals surface area contributed by atoms with Crippen molar-refractivity contribution in [3.05, 3.63) is 88.6 Å². The molecular formula is C26H23N3S. The first-order valence-corrected chi connectivity index (χ1v) is 11.1. The highest BCUT2D eigenvalue weighted by Gasteiger charge is 2.24. The van der Waals surface area contributed by atoms with Gasteiger partial charge in [-0.3, -0.25) is 0 Å². The van der Waals surface area contributed by atoms with Crippen LogP contribution < -0.4 is 0 Å². The van der Waals surface area contributed by atoms with Crippen molar-refractivity contribution in [1.82, 2.24) is 4.57 Å². The quantitative estimate of drug-likeness (QED) is 0.295. The molecule has 0 N–H and O–H groups in total. The summed E-state index contributed by atoms with van der Waals surface area (Å²) in [5.41, 5.74) is 4.78. The summed E-state index contributed by atoms with van der Waals surface area (Å²) in [6.45, 7) is 3.00. The third-order valence-electron chi connectivity index (χ3n) is 5.05. The van der Waals surface area contributed by atoms with Gasteiger partial charge in [0.25, 0.3) is 0 Å². The summed E-state index contributed by atoms with van der Waals surface area (Å²) < 4.78 is 2.23. The van der Waals surface area contributed by atoms with Crippen LogP contribution in [0.25, 0.3) is 22.4 Å². The SMILES string of the molecule is CCCCn1c(N=Cc2cccs2)c(C#N)c(-c2ccccc2)c1-c1ccccc1. The summed E-state index contributed by atoms with van der Waals surface area (Å²) in [4.78, 5) is 5.90. The first kappa shape index (κ1) is 19.9. The Hall–Kier alpha value is -3.42. The number of rotatable bonds is 7. The van der Waals surface area contributed by atoms with Gasteiger partial charge < -0.3 is 4.57 Å². The van der Waals surface area contributed by atoms with E-state index in [4.69, 9.17) is 4.99 Å². The first-order valence-electron chi connectivity index (χ1n) is 10.2. The van der Waals surface area contributed by atoms with Crippen LogP contribution in [0.1, 0.15) is 30.2 Å². The summed E-state index contributed by atoms with van der Waals surface area (Å²) >= 11 is 1.64. The molecule has 0 saturated heterocycles. The Balaban J connectivity index is 2.01. The maximum atomic E-state index is 10.2. The Morgan fingerprint density at radius 2 is 1.67 bits per heavy atom. The molecule has 0 fully saturated rings. The van der Waals surface area contributed by atoms with Gasteiger partial charge >= 0.3 is 0 Å². The van der Waals surface area contributed by atoms with Gasteiger partial charge in [0.05, 0.1) is 5.69 Å². The normalized spacial score (nSPS) is 11.1. The highest BCUT2D eigenvalue weighted by Crippen LogP contribution is 2.42. The molecule has 2 heterocycles. The van der Waals surface area contributed by atoms with E-state index in [1.807, 2.05) is 60.1 Å². The molecule has 0 spiro atoms. The van der Waals surface area contributed by atoms with Gasteiger partial charge in [0.1, 0.15) is 11.6 Å². The van der Waals surface area contributed by atoms with Crippen LogP contribution in [0.3, 0.4) is 0 Å². The second-order valence-corrected chi connectivity index (χ2v) is 8.02. The molecule has 0 atom stereocenters. The number of hydrogen-bond acceptors (Lipinski definition) is 3. The Kier molecular flexibility index (Phi) is 6.22. The number of unbranched alkanes of at least 4 members (excludes halogenated alkanes) is 1. The Bertz CT molecular complexity index is 1160. The third kappa shape index (κ3) is 3.98. The van der Waals surface area contributed by atoms with E-state index in [9.17, 15) is 5.26 Å². The fourth-order valence-corrected chi connectivity index (χ4v) is 4.24. The van der Waals surface area contributed by atoms with Crippen molar-refractivity contribution in [3.8, 4) is 28.5 Å². The number of thiophene rings is 1. The van der Waals surface area contributed by atoms with E-state index < -0.39 is 0 Å². The molecular weight excluding hydrogens is 386 g/mol. The third-order valence-corrected chi connectivity index (χ3v) is 5.86. The van der Waals surface area contributed by atoms with E-state index in [1.165, 1.54) is 0 Å². The molecule has 3 nitrogen and oxygen atoms in total. The summed E-state index contributed by atoms with van der Waals surface area (Å²) in [6, 6.07) is 27.0. The van der Waals surface area contributed by atoms with Crippen LogP contribution in [0.5, 0.6) is 0 Å². The van der Waals surface area contributed by atoms with Gasteiger partial charge in [-0.15, -0.1) is 11.3 Å². The molecule has 4 heteroatoms. The molecule has 30 heavy (non-hydrogen) atoms. The number of benzene rings is 2. The lowest BCUT2D eigenvalue weighted by atomic mass is 9.98. The molecule has 0 aliphatic rings. The van der Waals surface area contributed by atoms with Crippen LogP contribution in [0, 0.1) is 11.3 Å². The van der Waals surface area contributed by atoms with Gasteiger partial charge in [-0.1, -0.05) is 80.1 Å². The zero-order valence-corrected chi connectivity index (χ0v) is 17.8. The molecule has 0 bridgehead atoms. The topological polar surface area (TPSA) is 41.1 Å². The zero-order valence-electron chi connectivity index (χ0n) is 17.0. The molecule has 2 aromatic carbocycles. The second-order valence-electron chi connectivity index (χ2n) is 7.04. The van der Waals surface area contributed by atoms with Crippen LogP contribution in [0.4, 0.5) is 5.82 Å². The maximum Gasteiger partial charge on any atom is 0.151 e. The van der Waals surface area contributed by atoms with Crippen LogP contribution >= 0.6 is 11.3 Å². The van der Waals surface area contributed by atoms with Gasteiger partial charge in [-0.05, 0) is 29.0 Å². The number of aromatic nitrogens is 1. The van der Waals surface area contributed by atoms with Crippen molar-refractivity contribution in [2.24, 2.45) is 4.99 Å². The number of hydrogen-bond donors (Lipinski definition) is 0. The highest BCUT2D eigenvalue weighted by atomic mass is 32.1. The van der Waals surface area contributed by atoms with E-state index in [2.05, 4.69) is 41.8 Å². The average Bonchev–Trinajstić information content (AvgIpc) is 3.43. The first-order chi connectivity index (χ1) is 14.8. The van der Waals surface area contributed by atoms with Crippen molar-refractivity contribution >= 4 is 23.4 Å². The molecule has 0 aliphatic carbocycles. The maximum absolute atomic E-state index is 10.2. The summed E-state index contributed by atoms with van der Waals surface area (Å²) in [5, 5.41) is 12.2. The van der Waals surface area contributed by atoms with E-state index in [0.29, 0.717) is 5.56 Å². The monoisotopic (exact) mass is 409 g/mol. The molecule has 0 aliphatic heterocycles. The van der Waals surface area contributed by atoms with Gasteiger partial charge in [-0.2, -0.15) is 5.26 Å². The minimum absolute atomic E-state index is 0.629. The molecule has 4 aromatic rings. The van der Waals surface area contributed by atoms with Crippen molar-refractivity contribution < 1.29 is 0 Å². The van der Waals surface area contributed by atoms with Crippen molar-refractivity contribution in [3.63, 3.8) is 0 Å². The van der Waals surface area contributed by atoms with Crippen LogP contribution in [0.2, 0.25) is 0 Å². The smallest absolute Gasteiger partial charge is 0.151 e. The number of nitrogens with zero attached hydrogens (tertiary/aromatic N) is 3. The Labute approximate surface area is 181 Å². The zero-order chi connectivity index (χ0) is 20.8. The van der Waals surface area contributed by atoms with Crippen molar-refractivity contribution in [2.45, 2.75) is 26.3 Å². The van der Waals surface area contributed by atoms with Crippen LogP contribution in [-0.4, -0.2) is 10.8 Å². The van der Waals surface area contributed by atoms with E-state index in [1.54, 1.807) is 11.3 Å². The summed E-state index contributed by atoms with van der Waals surface area (Å²) in [6.07, 6.45) is 3.96. The summed E-state index contributed by atoms with van der Waals surface area (Å²) in [7, 11) is 0. The van der Waals surface area contributed by atoms with E-state index in [-0.39, 0.29) is 0 Å². The Morgan fingerprint density at radius 1 is 0.967 bits per heavy atom. The average molecular weight is 410 g/mol. The number of aliphatic imine (C=N–C) groups is 1. The second kappa shape index (κ2) is 9.39. The molecule has 4 rings (SSSR count). The molecule has 2 aromatic heterocycles. The highest BCUT2D eigenvalue weighted by molar-refractivity contribution is 7.11. The van der Waals surface area contributed by atoms with Crippen LogP contribution in [-0.2, 0) is 6.54 Å².